The second-order valence-corrected chi connectivity index (χ2v) is 18.9. The van der Waals surface area contributed by atoms with E-state index >= 15 is 0 Å². The van der Waals surface area contributed by atoms with Gasteiger partial charge >= 0.3 is 5.97 Å². The number of hydrogen-bond acceptors (Lipinski definition) is 5. The number of aliphatic hydroxyl groups excluding tert-OH is 2. The van der Waals surface area contributed by atoms with Crippen molar-refractivity contribution in [1.29, 1.82) is 0 Å². The molecule has 2 unspecified atom stereocenters. The molecule has 0 aliphatic carbocycles. The molecule has 3 N–H and O–H groups in total. The summed E-state index contributed by atoms with van der Waals surface area (Å²) >= 11 is 0. The molecule has 370 valence electrons. The summed E-state index contributed by atoms with van der Waals surface area (Å²) in [6.07, 6.45) is 64.4. The van der Waals surface area contributed by atoms with Crippen LogP contribution in [-0.2, 0) is 14.3 Å². The van der Waals surface area contributed by atoms with Gasteiger partial charge in [0.15, 0.2) is 0 Å². The molecular weight excluding hydrogens is 779 g/mol. The summed E-state index contributed by atoms with van der Waals surface area (Å²) in [5, 5.41) is 23.0. The van der Waals surface area contributed by atoms with Crippen LogP contribution in [0.15, 0.2) is 36.5 Å². The number of carbonyl (C=O) groups is 2. The van der Waals surface area contributed by atoms with Gasteiger partial charge in [0, 0.05) is 12.8 Å². The summed E-state index contributed by atoms with van der Waals surface area (Å²) in [5.41, 5.74) is 0. The molecule has 0 aliphatic rings. The van der Waals surface area contributed by atoms with Crippen LogP contribution in [0.25, 0.3) is 0 Å². The van der Waals surface area contributed by atoms with Crippen LogP contribution in [0.5, 0.6) is 0 Å². The van der Waals surface area contributed by atoms with E-state index in [1.54, 1.807) is 6.08 Å². The third-order valence-corrected chi connectivity index (χ3v) is 12.6. The highest BCUT2D eigenvalue weighted by molar-refractivity contribution is 5.76. The van der Waals surface area contributed by atoms with Gasteiger partial charge in [0.1, 0.15) is 0 Å². The Balaban J connectivity index is 3.47. The molecule has 0 bridgehead atoms. The van der Waals surface area contributed by atoms with Gasteiger partial charge in [-0.2, -0.15) is 0 Å². The van der Waals surface area contributed by atoms with Crippen molar-refractivity contribution in [2.24, 2.45) is 0 Å². The lowest BCUT2D eigenvalue weighted by Crippen LogP contribution is -2.45. The van der Waals surface area contributed by atoms with Gasteiger partial charge in [0.25, 0.3) is 0 Å². The average molecular weight is 886 g/mol. The second kappa shape index (κ2) is 52.7. The predicted octanol–water partition coefficient (Wildman–Crippen LogP) is 16.9. The first kappa shape index (κ1) is 61.1. The number of carbonyl (C=O) groups excluding carboxylic acids is 2. The van der Waals surface area contributed by atoms with E-state index in [9.17, 15) is 19.8 Å². The lowest BCUT2D eigenvalue weighted by Gasteiger charge is -2.20. The molecule has 0 saturated carbocycles. The number of aliphatic hydroxyl groups is 2. The normalized spacial score (nSPS) is 12.9. The summed E-state index contributed by atoms with van der Waals surface area (Å²) in [7, 11) is 0. The van der Waals surface area contributed by atoms with Gasteiger partial charge in [-0.25, -0.2) is 0 Å². The zero-order valence-electron chi connectivity index (χ0n) is 42.1. The van der Waals surface area contributed by atoms with Crippen molar-refractivity contribution in [1.82, 2.24) is 5.32 Å². The SMILES string of the molecule is CCCCCCCC/C=C\CCCCCCCC(=O)OCCCCCCCCCCC/C=C\CCCCCCCC(=O)NC(CO)C(O)/C=C/CCCCCCCCCCCCC. The lowest BCUT2D eigenvalue weighted by molar-refractivity contribution is -0.143. The Morgan fingerprint density at radius 1 is 0.429 bits per heavy atom. The van der Waals surface area contributed by atoms with Crippen LogP contribution in [0.1, 0.15) is 290 Å². The molecule has 1 amide bonds. The molecule has 0 rings (SSSR count). The fraction of sp³-hybridized carbons (Fsp3) is 0.860. The van der Waals surface area contributed by atoms with Gasteiger partial charge < -0.3 is 20.3 Å². The van der Waals surface area contributed by atoms with Crippen LogP contribution in [0, 0.1) is 0 Å². The molecule has 0 fully saturated rings. The molecule has 0 aromatic carbocycles. The van der Waals surface area contributed by atoms with Crippen molar-refractivity contribution in [3.05, 3.63) is 36.5 Å². The van der Waals surface area contributed by atoms with Crippen molar-refractivity contribution in [2.75, 3.05) is 13.2 Å². The third kappa shape index (κ3) is 49.4. The number of nitrogens with one attached hydrogen (secondary N) is 1. The number of esters is 1. The maximum Gasteiger partial charge on any atom is 0.305 e. The number of rotatable bonds is 51. The summed E-state index contributed by atoms with van der Waals surface area (Å²) in [5.74, 6) is -0.0894. The quantitative estimate of drug-likeness (QED) is 0.0321. The third-order valence-electron chi connectivity index (χ3n) is 12.6. The minimum absolute atomic E-state index is 0.00626. The van der Waals surface area contributed by atoms with Gasteiger partial charge in [-0.1, -0.05) is 230 Å². The van der Waals surface area contributed by atoms with E-state index in [0.29, 0.717) is 19.4 Å². The van der Waals surface area contributed by atoms with Crippen molar-refractivity contribution < 1.29 is 24.5 Å². The van der Waals surface area contributed by atoms with Gasteiger partial charge in [-0.15, -0.1) is 0 Å². The maximum atomic E-state index is 12.4. The van der Waals surface area contributed by atoms with E-state index in [2.05, 4.69) is 43.5 Å². The topological polar surface area (TPSA) is 95.9 Å². The Morgan fingerprint density at radius 3 is 1.13 bits per heavy atom. The van der Waals surface area contributed by atoms with Crippen LogP contribution in [0.2, 0.25) is 0 Å². The van der Waals surface area contributed by atoms with Crippen molar-refractivity contribution >= 4 is 11.9 Å². The molecule has 0 aromatic heterocycles. The standard InChI is InChI=1S/C57H107NO5/c1-3-5-7-9-11-13-15-17-22-27-31-35-39-43-47-51-57(62)63-52-48-44-40-36-32-28-24-21-19-18-20-23-26-30-34-38-42-46-50-56(61)58-54(53-59)55(60)49-45-41-37-33-29-25-16-14-12-10-8-6-4-2/h17,20,22-23,45,49,54-55,59-60H,3-16,18-19,21,24-44,46-48,50-53H2,1-2H3,(H,58,61)/b22-17-,23-20-,49-45+. The molecule has 0 aromatic rings. The highest BCUT2D eigenvalue weighted by Gasteiger charge is 2.18. The summed E-state index contributed by atoms with van der Waals surface area (Å²) < 4.78 is 5.47. The lowest BCUT2D eigenvalue weighted by atomic mass is 10.0. The molecule has 0 heterocycles. The average Bonchev–Trinajstić information content (AvgIpc) is 3.28. The van der Waals surface area contributed by atoms with Crippen molar-refractivity contribution in [3.63, 3.8) is 0 Å². The summed E-state index contributed by atoms with van der Waals surface area (Å²) in [6, 6.07) is -0.637. The number of ether oxygens (including phenoxy) is 1. The first-order valence-electron chi connectivity index (χ1n) is 27.8. The van der Waals surface area contributed by atoms with Crippen molar-refractivity contribution in [2.45, 2.75) is 302 Å². The predicted molar refractivity (Wildman–Crippen MR) is 273 cm³/mol. The van der Waals surface area contributed by atoms with Gasteiger partial charge in [-0.05, 0) is 83.5 Å². The van der Waals surface area contributed by atoms with E-state index in [1.807, 2.05) is 6.08 Å². The van der Waals surface area contributed by atoms with E-state index in [1.165, 1.54) is 199 Å². The van der Waals surface area contributed by atoms with Crippen LogP contribution in [-0.4, -0.2) is 47.4 Å². The molecular formula is C57H107NO5. The summed E-state index contributed by atoms with van der Waals surface area (Å²) in [4.78, 5) is 24.5. The second-order valence-electron chi connectivity index (χ2n) is 18.9. The molecule has 6 nitrogen and oxygen atoms in total. The van der Waals surface area contributed by atoms with Crippen molar-refractivity contribution in [3.8, 4) is 0 Å². The fourth-order valence-corrected chi connectivity index (χ4v) is 8.33. The highest BCUT2D eigenvalue weighted by Crippen LogP contribution is 2.15. The van der Waals surface area contributed by atoms with Gasteiger partial charge in [-0.3, -0.25) is 9.59 Å². The molecule has 63 heavy (non-hydrogen) atoms. The Labute approximate surface area is 392 Å². The van der Waals surface area contributed by atoms with E-state index in [-0.39, 0.29) is 18.5 Å². The zero-order valence-corrected chi connectivity index (χ0v) is 42.1. The molecule has 0 spiro atoms. The van der Waals surface area contributed by atoms with Crippen LogP contribution in [0.3, 0.4) is 0 Å². The smallest absolute Gasteiger partial charge is 0.305 e. The first-order valence-corrected chi connectivity index (χ1v) is 27.8. The first-order chi connectivity index (χ1) is 31.0. The van der Waals surface area contributed by atoms with Crippen LogP contribution in [0.4, 0.5) is 0 Å². The minimum Gasteiger partial charge on any atom is -0.466 e. The molecule has 0 radical (unpaired) electrons. The van der Waals surface area contributed by atoms with Gasteiger partial charge in [0.05, 0.1) is 25.4 Å². The Kier molecular flexibility index (Phi) is 51.1. The molecule has 6 heteroatoms. The fourth-order valence-electron chi connectivity index (χ4n) is 8.33. The molecule has 2 atom stereocenters. The number of allylic oxidation sites excluding steroid dienone is 5. The number of amides is 1. The van der Waals surface area contributed by atoms with Crippen LogP contribution >= 0.6 is 0 Å². The number of hydrogen-bond donors (Lipinski definition) is 3. The zero-order chi connectivity index (χ0) is 45.8. The minimum atomic E-state index is -0.852. The Morgan fingerprint density at radius 2 is 0.746 bits per heavy atom. The maximum absolute atomic E-state index is 12.4. The molecule has 0 aliphatic heterocycles. The summed E-state index contributed by atoms with van der Waals surface area (Å²) in [6.45, 7) is 4.87. The molecule has 0 saturated heterocycles. The van der Waals surface area contributed by atoms with E-state index < -0.39 is 12.1 Å². The van der Waals surface area contributed by atoms with Crippen LogP contribution < -0.4 is 5.32 Å². The Bertz CT molecular complexity index is 1020. The monoisotopic (exact) mass is 886 g/mol. The van der Waals surface area contributed by atoms with E-state index in [4.69, 9.17) is 4.74 Å². The number of unbranched alkanes of at least 4 members (excludes halogenated alkanes) is 36. The largest absolute Gasteiger partial charge is 0.466 e. The highest BCUT2D eigenvalue weighted by atomic mass is 16.5. The van der Waals surface area contributed by atoms with Gasteiger partial charge in [0.2, 0.25) is 5.91 Å². The van der Waals surface area contributed by atoms with E-state index in [0.717, 1.165) is 64.2 Å². The Hall–Kier alpha value is -1.92.